The van der Waals surface area contributed by atoms with E-state index >= 15 is 0 Å². The minimum atomic E-state index is -0.914. The normalized spacial score (nSPS) is 25.1. The van der Waals surface area contributed by atoms with Crippen molar-refractivity contribution >= 4 is 0 Å². The van der Waals surface area contributed by atoms with E-state index in [9.17, 15) is 9.90 Å². The second-order valence-electron chi connectivity index (χ2n) is 8.13. The second kappa shape index (κ2) is 7.76. The van der Waals surface area contributed by atoms with Crippen molar-refractivity contribution in [3.05, 3.63) is 28.4 Å². The fourth-order valence-electron chi connectivity index (χ4n) is 3.98. The highest BCUT2D eigenvalue weighted by Crippen LogP contribution is 2.38. The lowest BCUT2D eigenvalue weighted by atomic mass is 9.95. The van der Waals surface area contributed by atoms with Crippen molar-refractivity contribution in [3.8, 4) is 0 Å². The third kappa shape index (κ3) is 4.52. The Morgan fingerprint density at radius 1 is 1.15 bits per heavy atom. The summed E-state index contributed by atoms with van der Waals surface area (Å²) < 4.78 is 12.7. The summed E-state index contributed by atoms with van der Waals surface area (Å²) in [5, 5.41) is 10.7. The molecule has 4 rings (SSSR count). The fourth-order valence-corrected chi connectivity index (χ4v) is 3.98. The Bertz CT molecular complexity index is 657. The number of aliphatic hydroxyl groups is 1. The summed E-state index contributed by atoms with van der Waals surface area (Å²) in [5.74, 6) is 0.997. The molecule has 3 aliphatic rings. The molecule has 26 heavy (non-hydrogen) atoms. The molecule has 7 nitrogen and oxygen atoms in total. The first-order chi connectivity index (χ1) is 12.6. The van der Waals surface area contributed by atoms with Gasteiger partial charge < -0.3 is 19.5 Å². The van der Waals surface area contributed by atoms with Crippen LogP contribution in [0, 0.1) is 5.92 Å². The summed E-state index contributed by atoms with van der Waals surface area (Å²) in [5.41, 5.74) is 0.122. The van der Waals surface area contributed by atoms with Crippen LogP contribution in [0.4, 0.5) is 0 Å². The minimum absolute atomic E-state index is 0.0754. The Hall–Kier alpha value is -1.28. The maximum Gasteiger partial charge on any atom is 0.253 e. The maximum absolute atomic E-state index is 12.3. The van der Waals surface area contributed by atoms with Crippen LogP contribution in [0.15, 0.2) is 17.2 Å². The largest absolute Gasteiger partial charge is 0.384 e. The first kappa shape index (κ1) is 18.1. The van der Waals surface area contributed by atoms with Crippen LogP contribution in [-0.2, 0) is 16.0 Å². The van der Waals surface area contributed by atoms with Gasteiger partial charge >= 0.3 is 0 Å². The van der Waals surface area contributed by atoms with E-state index < -0.39 is 5.60 Å². The topological polar surface area (TPSA) is 76.8 Å². The van der Waals surface area contributed by atoms with Crippen molar-refractivity contribution in [1.29, 1.82) is 0 Å². The number of aromatic nitrogens is 2. The molecule has 1 aromatic rings. The molecule has 0 atom stereocenters. The number of nitrogens with zero attached hydrogens (tertiary/aromatic N) is 3. The Morgan fingerprint density at radius 3 is 2.46 bits per heavy atom. The molecule has 0 unspecified atom stereocenters. The number of hydrogen-bond donors (Lipinski definition) is 1. The van der Waals surface area contributed by atoms with Crippen molar-refractivity contribution < 1.29 is 14.6 Å². The molecule has 3 fully saturated rings. The standard InChI is InChI=1S/C19H29N3O4/c23-18-9-17(16-1-2-16)20-14-22(18)10-15-3-5-21(6-4-15)11-19(24)12-25-7-8-26-13-19/h9,14-16,24H,1-8,10-13H2. The van der Waals surface area contributed by atoms with Gasteiger partial charge in [0.05, 0.1) is 38.4 Å². The Kier molecular flexibility index (Phi) is 5.40. The van der Waals surface area contributed by atoms with Gasteiger partial charge in [-0.05, 0) is 44.7 Å². The molecule has 1 aromatic heterocycles. The molecule has 1 saturated carbocycles. The van der Waals surface area contributed by atoms with Crippen LogP contribution in [-0.4, -0.2) is 71.2 Å². The Balaban J connectivity index is 1.27. The van der Waals surface area contributed by atoms with Gasteiger partial charge in [0.2, 0.25) is 0 Å². The average molecular weight is 363 g/mol. The smallest absolute Gasteiger partial charge is 0.253 e. The Labute approximate surface area is 153 Å². The molecular weight excluding hydrogens is 334 g/mol. The molecule has 1 aliphatic carbocycles. The highest BCUT2D eigenvalue weighted by atomic mass is 16.6. The van der Waals surface area contributed by atoms with Crippen molar-refractivity contribution in [1.82, 2.24) is 14.5 Å². The molecule has 0 aromatic carbocycles. The molecule has 0 amide bonds. The highest BCUT2D eigenvalue weighted by Gasteiger charge is 2.33. The molecule has 7 heteroatoms. The minimum Gasteiger partial charge on any atom is -0.384 e. The monoisotopic (exact) mass is 363 g/mol. The predicted octanol–water partition coefficient (Wildman–Crippen LogP) is 0.611. The van der Waals surface area contributed by atoms with Gasteiger partial charge in [0.15, 0.2) is 0 Å². The molecule has 2 aliphatic heterocycles. The summed E-state index contributed by atoms with van der Waals surface area (Å²) in [7, 11) is 0. The van der Waals surface area contributed by atoms with E-state index in [1.54, 1.807) is 17.0 Å². The molecule has 144 valence electrons. The zero-order valence-electron chi connectivity index (χ0n) is 15.3. The summed E-state index contributed by atoms with van der Waals surface area (Å²) >= 11 is 0. The predicted molar refractivity (Wildman–Crippen MR) is 96.2 cm³/mol. The van der Waals surface area contributed by atoms with Gasteiger partial charge in [-0.2, -0.15) is 0 Å². The summed E-state index contributed by atoms with van der Waals surface area (Å²) in [6.07, 6.45) is 6.10. The molecule has 0 radical (unpaired) electrons. The first-order valence-electron chi connectivity index (χ1n) is 9.78. The number of rotatable bonds is 5. The molecule has 2 saturated heterocycles. The molecule has 3 heterocycles. The van der Waals surface area contributed by atoms with Gasteiger partial charge in [-0.1, -0.05) is 0 Å². The fraction of sp³-hybridized carbons (Fsp3) is 0.789. The van der Waals surface area contributed by atoms with E-state index in [1.165, 1.54) is 0 Å². The van der Waals surface area contributed by atoms with Gasteiger partial charge in [-0.3, -0.25) is 9.36 Å². The van der Waals surface area contributed by atoms with Crippen LogP contribution in [0.3, 0.4) is 0 Å². The maximum atomic E-state index is 12.3. The number of likely N-dealkylation sites (tertiary alicyclic amines) is 1. The number of ether oxygens (including phenoxy) is 2. The van der Waals surface area contributed by atoms with Crippen molar-refractivity contribution in [2.75, 3.05) is 46.1 Å². The lowest BCUT2D eigenvalue weighted by molar-refractivity contribution is -0.0780. The quantitative estimate of drug-likeness (QED) is 0.826. The van der Waals surface area contributed by atoms with Gasteiger partial charge in [-0.25, -0.2) is 4.98 Å². The van der Waals surface area contributed by atoms with E-state index in [1.807, 2.05) is 0 Å². The van der Waals surface area contributed by atoms with Crippen molar-refractivity contribution in [3.63, 3.8) is 0 Å². The molecule has 1 N–H and O–H groups in total. The molecular formula is C19H29N3O4. The van der Waals surface area contributed by atoms with Crippen LogP contribution in [0.5, 0.6) is 0 Å². The lowest BCUT2D eigenvalue weighted by Crippen LogP contribution is -2.51. The van der Waals surface area contributed by atoms with Gasteiger partial charge in [0, 0.05) is 25.1 Å². The van der Waals surface area contributed by atoms with Crippen LogP contribution in [0.25, 0.3) is 0 Å². The average Bonchev–Trinajstić information content (AvgIpc) is 3.47. The van der Waals surface area contributed by atoms with E-state index in [4.69, 9.17) is 9.47 Å². The van der Waals surface area contributed by atoms with Gasteiger partial charge in [0.25, 0.3) is 5.56 Å². The SMILES string of the molecule is O=c1cc(C2CC2)ncn1CC1CCN(CC2(O)COCCOC2)CC1. The third-order valence-electron chi connectivity index (χ3n) is 5.69. The second-order valence-corrected chi connectivity index (χ2v) is 8.13. The summed E-state index contributed by atoms with van der Waals surface area (Å²) in [6, 6.07) is 1.72. The highest BCUT2D eigenvalue weighted by molar-refractivity contribution is 5.12. The third-order valence-corrected chi connectivity index (χ3v) is 5.69. The zero-order valence-corrected chi connectivity index (χ0v) is 15.3. The van der Waals surface area contributed by atoms with Crippen molar-refractivity contribution in [2.45, 2.75) is 43.7 Å². The van der Waals surface area contributed by atoms with E-state index in [0.29, 0.717) is 44.8 Å². The van der Waals surface area contributed by atoms with Crippen LogP contribution in [0.1, 0.15) is 37.3 Å². The zero-order chi connectivity index (χ0) is 18.0. The summed E-state index contributed by atoms with van der Waals surface area (Å²) in [4.78, 5) is 19.1. The van der Waals surface area contributed by atoms with Crippen LogP contribution < -0.4 is 5.56 Å². The van der Waals surface area contributed by atoms with Crippen molar-refractivity contribution in [2.24, 2.45) is 5.92 Å². The van der Waals surface area contributed by atoms with E-state index in [-0.39, 0.29) is 5.56 Å². The number of piperidine rings is 1. The summed E-state index contributed by atoms with van der Waals surface area (Å²) in [6.45, 7) is 4.94. The van der Waals surface area contributed by atoms with Crippen LogP contribution >= 0.6 is 0 Å². The number of hydrogen-bond acceptors (Lipinski definition) is 6. The molecule has 0 spiro atoms. The molecule has 0 bridgehead atoms. The number of β-amino-alcohol motifs (C(OH)–C–C–N with tert-alkyl or cyclic N) is 1. The Morgan fingerprint density at radius 2 is 1.85 bits per heavy atom. The van der Waals surface area contributed by atoms with Crippen LogP contribution in [0.2, 0.25) is 0 Å². The lowest BCUT2D eigenvalue weighted by Gasteiger charge is -2.37. The van der Waals surface area contributed by atoms with E-state index in [2.05, 4.69) is 9.88 Å². The van der Waals surface area contributed by atoms with Gasteiger partial charge in [-0.15, -0.1) is 0 Å². The van der Waals surface area contributed by atoms with E-state index in [0.717, 1.165) is 51.0 Å². The first-order valence-corrected chi connectivity index (χ1v) is 9.78. The van der Waals surface area contributed by atoms with Gasteiger partial charge in [0.1, 0.15) is 5.60 Å².